The summed E-state index contributed by atoms with van der Waals surface area (Å²) in [4.78, 5) is 35.6. The standard InChI is InChI=1S/C21H17FN2O5/c1-13(25)23-15-6-4-7-16(9-15)24-21(27)19-10-18(26)20(12-29-19)28-11-14-5-2-3-8-17(14)22/h2-10,12H,11H2,1H3,(H,23,25)(H,24,27). The van der Waals surface area contributed by atoms with Crippen molar-refractivity contribution in [3.05, 3.63) is 88.2 Å². The van der Waals surface area contributed by atoms with Crippen LogP contribution in [0.4, 0.5) is 15.8 Å². The molecule has 3 rings (SSSR count). The van der Waals surface area contributed by atoms with Gasteiger partial charge in [0.1, 0.15) is 18.7 Å². The Hall–Kier alpha value is -3.94. The van der Waals surface area contributed by atoms with E-state index in [1.165, 1.54) is 19.1 Å². The Balaban J connectivity index is 1.68. The molecule has 2 N–H and O–H groups in total. The summed E-state index contributed by atoms with van der Waals surface area (Å²) < 4.78 is 24.1. The number of carbonyl (C=O) groups is 2. The fraction of sp³-hybridized carbons (Fsp3) is 0.0952. The molecule has 0 atom stereocenters. The van der Waals surface area contributed by atoms with Crippen molar-refractivity contribution in [2.45, 2.75) is 13.5 Å². The fourth-order valence-corrected chi connectivity index (χ4v) is 2.47. The van der Waals surface area contributed by atoms with Gasteiger partial charge in [0.05, 0.1) is 0 Å². The summed E-state index contributed by atoms with van der Waals surface area (Å²) in [6.45, 7) is 1.22. The second-order valence-corrected chi connectivity index (χ2v) is 6.07. The number of rotatable bonds is 6. The predicted molar refractivity (Wildman–Crippen MR) is 104 cm³/mol. The molecule has 0 saturated carbocycles. The number of benzene rings is 2. The van der Waals surface area contributed by atoms with Gasteiger partial charge in [-0.25, -0.2) is 4.39 Å². The molecule has 1 heterocycles. The lowest BCUT2D eigenvalue weighted by atomic mass is 10.2. The number of halogens is 1. The highest BCUT2D eigenvalue weighted by Crippen LogP contribution is 2.17. The third-order valence-electron chi connectivity index (χ3n) is 3.80. The van der Waals surface area contributed by atoms with Crippen LogP contribution >= 0.6 is 0 Å². The van der Waals surface area contributed by atoms with Gasteiger partial charge in [-0.2, -0.15) is 0 Å². The SMILES string of the molecule is CC(=O)Nc1cccc(NC(=O)c2cc(=O)c(OCc3ccccc3F)co2)c1. The van der Waals surface area contributed by atoms with Gasteiger partial charge in [0, 0.05) is 29.9 Å². The van der Waals surface area contributed by atoms with Gasteiger partial charge < -0.3 is 19.8 Å². The van der Waals surface area contributed by atoms with Crippen molar-refractivity contribution in [2.75, 3.05) is 10.6 Å². The van der Waals surface area contributed by atoms with Gasteiger partial charge in [0.25, 0.3) is 5.91 Å². The first-order chi connectivity index (χ1) is 13.9. The lowest BCUT2D eigenvalue weighted by Crippen LogP contribution is -2.16. The normalized spacial score (nSPS) is 10.3. The van der Waals surface area contributed by atoms with Crippen molar-refractivity contribution in [1.29, 1.82) is 0 Å². The average molecular weight is 396 g/mol. The smallest absolute Gasteiger partial charge is 0.291 e. The fourth-order valence-electron chi connectivity index (χ4n) is 2.47. The minimum atomic E-state index is -0.650. The maximum absolute atomic E-state index is 13.6. The average Bonchev–Trinajstić information content (AvgIpc) is 2.68. The van der Waals surface area contributed by atoms with Crippen LogP contribution in [0.3, 0.4) is 0 Å². The molecule has 3 aromatic rings. The summed E-state index contributed by atoms with van der Waals surface area (Å²) in [6, 6.07) is 13.5. The van der Waals surface area contributed by atoms with E-state index >= 15 is 0 Å². The Morgan fingerprint density at radius 2 is 1.76 bits per heavy atom. The quantitative estimate of drug-likeness (QED) is 0.664. The van der Waals surface area contributed by atoms with Crippen molar-refractivity contribution in [3.8, 4) is 5.75 Å². The summed E-state index contributed by atoms with van der Waals surface area (Å²) >= 11 is 0. The molecule has 2 amide bonds. The molecule has 0 saturated heterocycles. The topological polar surface area (TPSA) is 97.6 Å². The number of carbonyl (C=O) groups excluding carboxylic acids is 2. The molecule has 0 fully saturated rings. The van der Waals surface area contributed by atoms with E-state index in [0.29, 0.717) is 11.4 Å². The molecule has 1 aromatic heterocycles. The molecule has 0 aliphatic rings. The summed E-state index contributed by atoms with van der Waals surface area (Å²) in [5, 5.41) is 5.17. The number of hydrogen-bond acceptors (Lipinski definition) is 5. The van der Waals surface area contributed by atoms with Crippen LogP contribution in [0.1, 0.15) is 23.0 Å². The van der Waals surface area contributed by atoms with E-state index in [-0.39, 0.29) is 29.6 Å². The highest BCUT2D eigenvalue weighted by Gasteiger charge is 2.13. The van der Waals surface area contributed by atoms with Crippen LogP contribution in [-0.4, -0.2) is 11.8 Å². The summed E-state index contributed by atoms with van der Waals surface area (Å²) in [7, 11) is 0. The zero-order valence-electron chi connectivity index (χ0n) is 15.4. The van der Waals surface area contributed by atoms with E-state index in [0.717, 1.165) is 12.3 Å². The highest BCUT2D eigenvalue weighted by atomic mass is 19.1. The number of nitrogens with one attached hydrogen (secondary N) is 2. The lowest BCUT2D eigenvalue weighted by molar-refractivity contribution is -0.114. The van der Waals surface area contributed by atoms with Gasteiger partial charge in [-0.3, -0.25) is 14.4 Å². The monoisotopic (exact) mass is 396 g/mol. The van der Waals surface area contributed by atoms with Crippen LogP contribution < -0.4 is 20.8 Å². The molecule has 0 radical (unpaired) electrons. The summed E-state index contributed by atoms with van der Waals surface area (Å²) in [6.07, 6.45) is 1.01. The maximum Gasteiger partial charge on any atom is 0.291 e. The van der Waals surface area contributed by atoms with Crippen LogP contribution in [0, 0.1) is 5.82 Å². The van der Waals surface area contributed by atoms with E-state index in [4.69, 9.17) is 9.15 Å². The van der Waals surface area contributed by atoms with E-state index in [1.807, 2.05) is 0 Å². The first-order valence-corrected chi connectivity index (χ1v) is 8.60. The Kier molecular flexibility index (Phi) is 6.03. The Morgan fingerprint density at radius 1 is 1.03 bits per heavy atom. The van der Waals surface area contributed by atoms with Crippen molar-refractivity contribution in [2.24, 2.45) is 0 Å². The highest BCUT2D eigenvalue weighted by molar-refractivity contribution is 6.02. The molecular formula is C21H17FN2O5. The van der Waals surface area contributed by atoms with Crippen LogP contribution in [-0.2, 0) is 11.4 Å². The van der Waals surface area contributed by atoms with Crippen molar-refractivity contribution in [1.82, 2.24) is 0 Å². The molecule has 148 valence electrons. The van der Waals surface area contributed by atoms with Crippen molar-refractivity contribution >= 4 is 23.2 Å². The maximum atomic E-state index is 13.6. The molecule has 0 unspecified atom stereocenters. The molecule has 7 nitrogen and oxygen atoms in total. The molecule has 29 heavy (non-hydrogen) atoms. The van der Waals surface area contributed by atoms with Crippen molar-refractivity contribution < 1.29 is 23.1 Å². The van der Waals surface area contributed by atoms with Crippen LogP contribution in [0.15, 0.2) is 70.1 Å². The van der Waals surface area contributed by atoms with E-state index in [2.05, 4.69) is 10.6 Å². The first-order valence-electron chi connectivity index (χ1n) is 8.60. The summed E-state index contributed by atoms with van der Waals surface area (Å²) in [5.41, 5.74) is 0.620. The second-order valence-electron chi connectivity index (χ2n) is 6.07. The largest absolute Gasteiger partial charge is 0.482 e. The van der Waals surface area contributed by atoms with E-state index in [9.17, 15) is 18.8 Å². The number of anilines is 2. The zero-order valence-corrected chi connectivity index (χ0v) is 15.4. The zero-order chi connectivity index (χ0) is 20.8. The molecule has 2 aromatic carbocycles. The first kappa shape index (κ1) is 19.8. The predicted octanol–water partition coefficient (Wildman–Crippen LogP) is 3.57. The van der Waals surface area contributed by atoms with Gasteiger partial charge in [-0.15, -0.1) is 0 Å². The molecule has 0 aliphatic heterocycles. The Bertz CT molecular complexity index is 1110. The number of ether oxygens (including phenoxy) is 1. The Labute approximate surface area is 165 Å². The third-order valence-corrected chi connectivity index (χ3v) is 3.80. The summed E-state index contributed by atoms with van der Waals surface area (Å²) in [5.74, 6) is -1.71. The van der Waals surface area contributed by atoms with E-state index in [1.54, 1.807) is 36.4 Å². The van der Waals surface area contributed by atoms with E-state index < -0.39 is 17.2 Å². The minimum Gasteiger partial charge on any atom is -0.482 e. The molecule has 8 heteroatoms. The number of hydrogen-bond donors (Lipinski definition) is 2. The second kappa shape index (κ2) is 8.83. The van der Waals surface area contributed by atoms with Gasteiger partial charge in [0.15, 0.2) is 5.76 Å². The lowest BCUT2D eigenvalue weighted by Gasteiger charge is -2.08. The van der Waals surface area contributed by atoms with Gasteiger partial charge >= 0.3 is 0 Å². The molecule has 0 bridgehead atoms. The van der Waals surface area contributed by atoms with Gasteiger partial charge in [-0.1, -0.05) is 24.3 Å². The van der Waals surface area contributed by atoms with Crippen molar-refractivity contribution in [3.63, 3.8) is 0 Å². The van der Waals surface area contributed by atoms with Gasteiger partial charge in [0.2, 0.25) is 17.1 Å². The number of amides is 2. The third kappa shape index (κ3) is 5.29. The van der Waals surface area contributed by atoms with Crippen LogP contribution in [0.5, 0.6) is 5.75 Å². The van der Waals surface area contributed by atoms with Gasteiger partial charge in [-0.05, 0) is 24.3 Å². The van der Waals surface area contributed by atoms with Crippen LogP contribution in [0.25, 0.3) is 0 Å². The molecule has 0 aliphatic carbocycles. The van der Waals surface area contributed by atoms with Crippen LogP contribution in [0.2, 0.25) is 0 Å². The molecule has 0 spiro atoms. The minimum absolute atomic E-state index is 0.141. The Morgan fingerprint density at radius 3 is 2.45 bits per heavy atom. The molecular weight excluding hydrogens is 379 g/mol.